The molecule has 3 aromatic heterocycles. The van der Waals surface area contributed by atoms with Crippen LogP contribution in [0.25, 0.3) is 80.7 Å². The number of aromatic nitrogens is 1. The van der Waals surface area contributed by atoms with Gasteiger partial charge in [-0.05, 0) is 54.1 Å². The summed E-state index contributed by atoms with van der Waals surface area (Å²) in [6.45, 7) is 0. The van der Waals surface area contributed by atoms with Gasteiger partial charge in [-0.2, -0.15) is 0 Å². The van der Waals surface area contributed by atoms with E-state index in [0.29, 0.717) is 0 Å². The van der Waals surface area contributed by atoms with Gasteiger partial charge in [-0.1, -0.05) is 103 Å². The average Bonchev–Trinajstić information content (AvgIpc) is 3.79. The van der Waals surface area contributed by atoms with Crippen LogP contribution in [0.5, 0.6) is 0 Å². The first-order chi connectivity index (χ1) is 22.8. The molecule has 7 aromatic carbocycles. The largest absolute Gasteiger partial charge is 0.455 e. The molecule has 0 aliphatic carbocycles. The van der Waals surface area contributed by atoms with Crippen LogP contribution >= 0.6 is 11.3 Å². The van der Waals surface area contributed by atoms with Gasteiger partial charge in [-0.25, -0.2) is 0 Å². The highest BCUT2D eigenvalue weighted by atomic mass is 32.1. The number of rotatable bonds is 4. The fraction of sp³-hybridized carbons (Fsp3) is 0. The summed E-state index contributed by atoms with van der Waals surface area (Å²) < 4.78 is 11.3. The minimum Gasteiger partial charge on any atom is -0.455 e. The number of furan rings is 1. The number of hydrogen-bond acceptors (Lipinski definition) is 3. The maximum absolute atomic E-state index is 6.31. The topological polar surface area (TPSA) is 30.1 Å². The van der Waals surface area contributed by atoms with Crippen LogP contribution in [0, 0.1) is 0 Å². The molecule has 46 heavy (non-hydrogen) atoms. The molecule has 1 N–H and O–H groups in total. The van der Waals surface area contributed by atoms with Gasteiger partial charge in [0.25, 0.3) is 0 Å². The van der Waals surface area contributed by atoms with Crippen molar-refractivity contribution in [2.75, 3.05) is 5.32 Å². The highest BCUT2D eigenvalue weighted by Crippen LogP contribution is 2.45. The summed E-state index contributed by atoms with van der Waals surface area (Å²) in [6.07, 6.45) is 0. The minimum absolute atomic E-state index is 0.918. The monoisotopic (exact) mass is 606 g/mol. The van der Waals surface area contributed by atoms with Crippen LogP contribution in [-0.2, 0) is 0 Å². The molecule has 0 saturated carbocycles. The van der Waals surface area contributed by atoms with Crippen molar-refractivity contribution < 1.29 is 4.42 Å². The smallest absolute Gasteiger partial charge is 0.143 e. The molecule has 0 aliphatic rings. The van der Waals surface area contributed by atoms with Crippen molar-refractivity contribution in [3.8, 4) is 16.8 Å². The maximum atomic E-state index is 6.31. The average molecular weight is 607 g/mol. The molecule has 0 aliphatic heterocycles. The van der Waals surface area contributed by atoms with E-state index < -0.39 is 0 Å². The van der Waals surface area contributed by atoms with E-state index in [4.69, 9.17) is 4.42 Å². The zero-order valence-corrected chi connectivity index (χ0v) is 25.5. The number of hydrogen-bond donors (Lipinski definition) is 1. The molecule has 3 nitrogen and oxygen atoms in total. The van der Waals surface area contributed by atoms with Crippen molar-refractivity contribution in [1.29, 1.82) is 0 Å². The molecule has 0 bridgehead atoms. The summed E-state index contributed by atoms with van der Waals surface area (Å²) in [5.74, 6) is 0. The fourth-order valence-electron chi connectivity index (χ4n) is 7.12. The molecule has 3 heterocycles. The zero-order chi connectivity index (χ0) is 30.2. The van der Waals surface area contributed by atoms with Crippen molar-refractivity contribution in [2.45, 2.75) is 0 Å². The van der Waals surface area contributed by atoms with E-state index in [-0.39, 0.29) is 0 Å². The minimum atomic E-state index is 0.918. The lowest BCUT2D eigenvalue weighted by atomic mass is 10.0. The van der Waals surface area contributed by atoms with Gasteiger partial charge in [0.1, 0.15) is 11.2 Å². The first-order valence-corrected chi connectivity index (χ1v) is 16.3. The van der Waals surface area contributed by atoms with Gasteiger partial charge >= 0.3 is 0 Å². The fourth-order valence-corrected chi connectivity index (χ4v) is 8.45. The van der Waals surface area contributed by atoms with Gasteiger partial charge in [-0.3, -0.25) is 0 Å². The SMILES string of the molecule is c1ccc(-n2c3ccccc3c3c4sc5c(Nc6ccc(-c7cccc8c7oc7ccccc78)cc6)cccc5c4ccc32)cc1. The molecule has 0 saturated heterocycles. The molecule has 0 amide bonds. The summed E-state index contributed by atoms with van der Waals surface area (Å²) in [6, 6.07) is 53.9. The Morgan fingerprint density at radius 3 is 2.11 bits per heavy atom. The Morgan fingerprint density at radius 2 is 1.22 bits per heavy atom. The third-order valence-corrected chi connectivity index (χ3v) is 10.5. The molecular weight excluding hydrogens is 581 g/mol. The highest BCUT2D eigenvalue weighted by molar-refractivity contribution is 7.27. The number of anilines is 2. The van der Waals surface area contributed by atoms with Crippen molar-refractivity contribution in [2.24, 2.45) is 0 Å². The molecule has 0 spiro atoms. The third-order valence-electron chi connectivity index (χ3n) is 9.19. The summed E-state index contributed by atoms with van der Waals surface area (Å²) in [4.78, 5) is 0. The standard InChI is InChI=1S/C42H26N2OS/c1-2-10-28(11-3-1)44-36-18-6-4-13-34(36)39-37(44)25-24-33-32-16-9-17-35(41(32)46-42(33)39)43-27-22-20-26(21-23-27)29-14-8-15-31-30-12-5-7-19-38(30)45-40(29)31/h1-25,43H. The molecule has 10 rings (SSSR count). The number of nitrogens with zero attached hydrogens (tertiary/aromatic N) is 1. The van der Waals surface area contributed by atoms with Crippen LogP contribution in [0.2, 0.25) is 0 Å². The zero-order valence-electron chi connectivity index (χ0n) is 24.7. The first kappa shape index (κ1) is 25.5. The lowest BCUT2D eigenvalue weighted by Crippen LogP contribution is -1.92. The predicted molar refractivity (Wildman–Crippen MR) is 196 cm³/mol. The van der Waals surface area contributed by atoms with Gasteiger partial charge in [0, 0.05) is 54.0 Å². The third kappa shape index (κ3) is 3.71. The van der Waals surface area contributed by atoms with Crippen LogP contribution in [0.1, 0.15) is 0 Å². The number of fused-ring (bicyclic) bond motifs is 10. The molecule has 10 aromatic rings. The first-order valence-electron chi connectivity index (χ1n) is 15.5. The summed E-state index contributed by atoms with van der Waals surface area (Å²) in [7, 11) is 0. The van der Waals surface area contributed by atoms with E-state index in [0.717, 1.165) is 44.4 Å². The van der Waals surface area contributed by atoms with Gasteiger partial charge < -0.3 is 14.3 Å². The van der Waals surface area contributed by atoms with E-state index in [1.165, 1.54) is 47.7 Å². The Balaban J connectivity index is 1.08. The number of nitrogens with one attached hydrogen (secondary N) is 1. The molecule has 0 unspecified atom stereocenters. The quantitative estimate of drug-likeness (QED) is 0.216. The second-order valence-corrected chi connectivity index (χ2v) is 12.8. The molecule has 0 fully saturated rings. The van der Waals surface area contributed by atoms with Crippen molar-refractivity contribution >= 4 is 86.6 Å². The second kappa shape index (κ2) is 9.83. The van der Waals surface area contributed by atoms with Crippen LogP contribution < -0.4 is 5.32 Å². The highest BCUT2D eigenvalue weighted by Gasteiger charge is 2.18. The van der Waals surface area contributed by atoms with E-state index in [1.807, 2.05) is 23.5 Å². The number of benzene rings is 7. The van der Waals surface area contributed by atoms with Crippen molar-refractivity contribution in [3.63, 3.8) is 0 Å². The van der Waals surface area contributed by atoms with Crippen molar-refractivity contribution in [3.05, 3.63) is 152 Å². The normalized spacial score (nSPS) is 11.9. The molecular formula is C42H26N2OS. The summed E-state index contributed by atoms with van der Waals surface area (Å²) >= 11 is 1.88. The lowest BCUT2D eigenvalue weighted by molar-refractivity contribution is 0.670. The molecule has 0 atom stereocenters. The van der Waals surface area contributed by atoms with Gasteiger partial charge in [0.2, 0.25) is 0 Å². The van der Waals surface area contributed by atoms with Crippen LogP contribution in [0.3, 0.4) is 0 Å². The van der Waals surface area contributed by atoms with Crippen LogP contribution in [-0.4, -0.2) is 4.57 Å². The Kier molecular flexibility index (Phi) is 5.45. The van der Waals surface area contributed by atoms with Crippen molar-refractivity contribution in [1.82, 2.24) is 4.57 Å². The van der Waals surface area contributed by atoms with E-state index in [9.17, 15) is 0 Å². The Bertz CT molecular complexity index is 2770. The van der Waals surface area contributed by atoms with Gasteiger partial charge in [0.15, 0.2) is 0 Å². The van der Waals surface area contributed by atoms with E-state index in [1.54, 1.807) is 0 Å². The summed E-state index contributed by atoms with van der Waals surface area (Å²) in [5, 5.41) is 11.2. The Hall–Kier alpha value is -5.84. The maximum Gasteiger partial charge on any atom is 0.143 e. The van der Waals surface area contributed by atoms with Gasteiger partial charge in [-0.15, -0.1) is 11.3 Å². The lowest BCUT2D eigenvalue weighted by Gasteiger charge is -2.09. The van der Waals surface area contributed by atoms with E-state index in [2.05, 4.69) is 149 Å². The van der Waals surface area contributed by atoms with Crippen LogP contribution in [0.4, 0.5) is 11.4 Å². The second-order valence-electron chi connectivity index (χ2n) is 11.8. The number of thiophene rings is 1. The predicted octanol–water partition coefficient (Wildman–Crippen LogP) is 12.5. The summed E-state index contributed by atoms with van der Waals surface area (Å²) in [5.41, 5.74) is 9.89. The number of para-hydroxylation sites is 4. The molecule has 0 radical (unpaired) electrons. The van der Waals surface area contributed by atoms with Gasteiger partial charge in [0.05, 0.1) is 21.4 Å². The van der Waals surface area contributed by atoms with E-state index >= 15 is 0 Å². The molecule has 216 valence electrons. The van der Waals surface area contributed by atoms with Crippen LogP contribution in [0.15, 0.2) is 156 Å². The Labute approximate surface area is 268 Å². The Morgan fingerprint density at radius 1 is 0.500 bits per heavy atom. The molecule has 4 heteroatoms.